The lowest BCUT2D eigenvalue weighted by atomic mass is 10.1. The van der Waals surface area contributed by atoms with Crippen LogP contribution < -0.4 is 4.90 Å². The van der Waals surface area contributed by atoms with Crippen molar-refractivity contribution in [1.29, 1.82) is 0 Å². The molecule has 0 spiro atoms. The molecule has 0 atom stereocenters. The van der Waals surface area contributed by atoms with Crippen molar-refractivity contribution in [3.8, 4) is 0 Å². The number of aromatic carboxylic acids is 1. The molecule has 0 radical (unpaired) electrons. The van der Waals surface area contributed by atoms with Crippen LogP contribution in [0.4, 0.5) is 15.8 Å². The van der Waals surface area contributed by atoms with E-state index in [9.17, 15) is 19.3 Å². The number of carbonyl (C=O) groups is 1. The average Bonchev–Trinajstić information content (AvgIpc) is 2.28. The minimum Gasteiger partial charge on any atom is -0.477 e. The summed E-state index contributed by atoms with van der Waals surface area (Å²) in [5, 5.41) is 28.2. The third kappa shape index (κ3) is 2.72. The van der Waals surface area contributed by atoms with Crippen molar-refractivity contribution in [3.05, 3.63) is 33.6 Å². The van der Waals surface area contributed by atoms with Crippen molar-refractivity contribution in [3.63, 3.8) is 0 Å². The highest BCUT2D eigenvalue weighted by Crippen LogP contribution is 2.28. The number of benzene rings is 1. The predicted octanol–water partition coefficient (Wildman–Crippen LogP) is 0.861. The molecule has 7 nitrogen and oxygen atoms in total. The SMILES string of the molecule is CN(CCO)c1cc(C(=O)O)c([N+](=O)[O-])cc1F. The summed E-state index contributed by atoms with van der Waals surface area (Å²) in [6, 6.07) is 1.44. The van der Waals surface area contributed by atoms with Crippen molar-refractivity contribution in [2.75, 3.05) is 25.1 Å². The van der Waals surface area contributed by atoms with E-state index in [0.717, 1.165) is 6.07 Å². The van der Waals surface area contributed by atoms with E-state index in [1.54, 1.807) is 0 Å². The molecule has 0 amide bonds. The van der Waals surface area contributed by atoms with Gasteiger partial charge in [-0.15, -0.1) is 0 Å². The zero-order valence-electron chi connectivity index (χ0n) is 9.46. The lowest BCUT2D eigenvalue weighted by molar-refractivity contribution is -0.385. The number of aliphatic hydroxyl groups excluding tert-OH is 1. The van der Waals surface area contributed by atoms with Crippen molar-refractivity contribution in [2.45, 2.75) is 0 Å². The Morgan fingerprint density at radius 2 is 2.17 bits per heavy atom. The van der Waals surface area contributed by atoms with Crippen LogP contribution in [0.2, 0.25) is 0 Å². The number of nitro groups is 1. The van der Waals surface area contributed by atoms with Crippen LogP contribution in [0.3, 0.4) is 0 Å². The van der Waals surface area contributed by atoms with Gasteiger partial charge in [0.25, 0.3) is 5.69 Å². The van der Waals surface area contributed by atoms with Gasteiger partial charge in [0.15, 0.2) is 5.82 Å². The fraction of sp³-hybridized carbons (Fsp3) is 0.300. The van der Waals surface area contributed by atoms with Gasteiger partial charge in [-0.3, -0.25) is 10.1 Å². The van der Waals surface area contributed by atoms with E-state index >= 15 is 0 Å². The number of halogens is 1. The summed E-state index contributed by atoms with van der Waals surface area (Å²) in [4.78, 5) is 21.8. The Labute approximate surface area is 101 Å². The Kier molecular flexibility index (Phi) is 4.16. The summed E-state index contributed by atoms with van der Waals surface area (Å²) < 4.78 is 13.6. The van der Waals surface area contributed by atoms with E-state index in [0.29, 0.717) is 6.07 Å². The molecule has 98 valence electrons. The molecule has 0 saturated heterocycles. The van der Waals surface area contributed by atoms with Gasteiger partial charge in [0.05, 0.1) is 23.3 Å². The van der Waals surface area contributed by atoms with Gasteiger partial charge in [-0.25, -0.2) is 9.18 Å². The Bertz CT molecular complexity index is 491. The average molecular weight is 258 g/mol. The number of hydrogen-bond donors (Lipinski definition) is 2. The number of nitro benzene ring substituents is 1. The molecule has 0 fully saturated rings. The van der Waals surface area contributed by atoms with Crippen LogP contribution >= 0.6 is 0 Å². The van der Waals surface area contributed by atoms with Crippen LogP contribution in [0.25, 0.3) is 0 Å². The summed E-state index contributed by atoms with van der Waals surface area (Å²) in [6.07, 6.45) is 0. The molecule has 0 aromatic heterocycles. The molecule has 1 aromatic rings. The molecule has 18 heavy (non-hydrogen) atoms. The molecule has 0 heterocycles. The lowest BCUT2D eigenvalue weighted by Gasteiger charge is -2.18. The molecule has 0 bridgehead atoms. The van der Waals surface area contributed by atoms with E-state index < -0.39 is 28.0 Å². The van der Waals surface area contributed by atoms with Crippen molar-refractivity contribution < 1.29 is 24.3 Å². The number of likely N-dealkylation sites (N-methyl/N-ethyl adjacent to an activating group) is 1. The van der Waals surface area contributed by atoms with Gasteiger partial charge < -0.3 is 15.1 Å². The number of nitrogens with zero attached hydrogens (tertiary/aromatic N) is 2. The fourth-order valence-electron chi connectivity index (χ4n) is 1.44. The number of carboxylic acids is 1. The van der Waals surface area contributed by atoms with Crippen molar-refractivity contribution in [1.82, 2.24) is 0 Å². The molecular formula is C10H11FN2O5. The zero-order valence-corrected chi connectivity index (χ0v) is 9.46. The number of rotatable bonds is 5. The standard InChI is InChI=1S/C10H11FN2O5/c1-12(2-3-14)9-4-6(10(15)16)8(13(17)18)5-7(9)11/h4-5,14H,2-3H2,1H3,(H,15,16). The van der Waals surface area contributed by atoms with Crippen molar-refractivity contribution >= 4 is 17.3 Å². The second kappa shape index (κ2) is 5.41. The molecule has 1 rings (SSSR count). The van der Waals surface area contributed by atoms with Crippen LogP contribution in [-0.2, 0) is 0 Å². The Morgan fingerprint density at radius 1 is 1.56 bits per heavy atom. The third-order valence-corrected chi connectivity index (χ3v) is 2.34. The van der Waals surface area contributed by atoms with Crippen molar-refractivity contribution in [2.24, 2.45) is 0 Å². The van der Waals surface area contributed by atoms with E-state index in [1.807, 2.05) is 0 Å². The molecular weight excluding hydrogens is 247 g/mol. The number of aliphatic hydroxyl groups is 1. The van der Waals surface area contributed by atoms with Gasteiger partial charge in [-0.05, 0) is 6.07 Å². The molecule has 0 saturated carbocycles. The maximum absolute atomic E-state index is 13.6. The maximum atomic E-state index is 13.6. The minimum atomic E-state index is -1.51. The Hall–Kier alpha value is -2.22. The second-order valence-electron chi connectivity index (χ2n) is 3.53. The maximum Gasteiger partial charge on any atom is 0.342 e. The zero-order chi connectivity index (χ0) is 13.9. The van der Waals surface area contributed by atoms with Crippen LogP contribution in [0.1, 0.15) is 10.4 Å². The van der Waals surface area contributed by atoms with Crippen LogP contribution in [0.15, 0.2) is 12.1 Å². The van der Waals surface area contributed by atoms with Crippen LogP contribution in [0.5, 0.6) is 0 Å². The molecule has 0 aliphatic rings. The molecule has 0 aliphatic heterocycles. The van der Waals surface area contributed by atoms with E-state index in [2.05, 4.69) is 0 Å². The topological polar surface area (TPSA) is 104 Å². The summed E-state index contributed by atoms with van der Waals surface area (Å²) in [5.41, 5.74) is -1.52. The van der Waals surface area contributed by atoms with Crippen LogP contribution in [0, 0.1) is 15.9 Å². The van der Waals surface area contributed by atoms with Gasteiger partial charge in [0, 0.05) is 13.6 Å². The van der Waals surface area contributed by atoms with E-state index in [1.165, 1.54) is 11.9 Å². The molecule has 2 N–H and O–H groups in total. The monoisotopic (exact) mass is 258 g/mol. The first-order valence-electron chi connectivity index (χ1n) is 4.91. The normalized spacial score (nSPS) is 10.2. The van der Waals surface area contributed by atoms with Gasteiger partial charge in [-0.1, -0.05) is 0 Å². The van der Waals surface area contributed by atoms with E-state index in [-0.39, 0.29) is 18.8 Å². The fourth-order valence-corrected chi connectivity index (χ4v) is 1.44. The molecule has 0 unspecified atom stereocenters. The number of carboxylic acid groups (broad SMARTS) is 1. The summed E-state index contributed by atoms with van der Waals surface area (Å²) in [5.74, 6) is -2.43. The summed E-state index contributed by atoms with van der Waals surface area (Å²) >= 11 is 0. The highest BCUT2D eigenvalue weighted by atomic mass is 19.1. The predicted molar refractivity (Wildman–Crippen MR) is 60.4 cm³/mol. The summed E-state index contributed by atoms with van der Waals surface area (Å²) in [7, 11) is 1.44. The molecule has 8 heteroatoms. The van der Waals surface area contributed by atoms with Gasteiger partial charge >= 0.3 is 5.97 Å². The first-order chi connectivity index (χ1) is 8.38. The van der Waals surface area contributed by atoms with Gasteiger partial charge in [0.1, 0.15) is 5.56 Å². The lowest BCUT2D eigenvalue weighted by Crippen LogP contribution is -2.23. The smallest absolute Gasteiger partial charge is 0.342 e. The first kappa shape index (κ1) is 13.8. The van der Waals surface area contributed by atoms with Gasteiger partial charge in [-0.2, -0.15) is 0 Å². The quantitative estimate of drug-likeness (QED) is 0.599. The molecule has 1 aromatic carbocycles. The summed E-state index contributed by atoms with van der Waals surface area (Å²) in [6.45, 7) is -0.177. The van der Waals surface area contributed by atoms with Crippen LogP contribution in [-0.4, -0.2) is 41.3 Å². The molecule has 0 aliphatic carbocycles. The van der Waals surface area contributed by atoms with E-state index in [4.69, 9.17) is 10.2 Å². The minimum absolute atomic E-state index is 0.0772. The highest BCUT2D eigenvalue weighted by Gasteiger charge is 2.24. The number of anilines is 1. The van der Waals surface area contributed by atoms with Gasteiger partial charge in [0.2, 0.25) is 0 Å². The second-order valence-corrected chi connectivity index (χ2v) is 3.53. The highest BCUT2D eigenvalue weighted by molar-refractivity contribution is 5.93. The Morgan fingerprint density at radius 3 is 2.61 bits per heavy atom. The number of hydrogen-bond acceptors (Lipinski definition) is 5. The largest absolute Gasteiger partial charge is 0.477 e. The third-order valence-electron chi connectivity index (χ3n) is 2.34. The first-order valence-corrected chi connectivity index (χ1v) is 4.91. The Balaban J connectivity index is 3.36.